The molecule has 119 valence electrons. The van der Waals surface area contributed by atoms with Crippen LogP contribution in [0, 0.1) is 0 Å². The minimum absolute atomic E-state index is 0.149. The summed E-state index contributed by atoms with van der Waals surface area (Å²) in [5.74, 6) is 0. The third-order valence-electron chi connectivity index (χ3n) is 4.44. The topological polar surface area (TPSA) is 54.6 Å². The molecule has 2 aromatic rings. The van der Waals surface area contributed by atoms with E-state index < -0.39 is 11.2 Å². The van der Waals surface area contributed by atoms with Crippen LogP contribution in [0.1, 0.15) is 33.3 Å². The first-order valence-corrected chi connectivity index (χ1v) is 7.58. The molecule has 0 aliphatic carbocycles. The highest BCUT2D eigenvalue weighted by molar-refractivity contribution is 6.47. The molecule has 1 aromatic carbocycles. The molecule has 2 rings (SSSR count). The maximum Gasteiger partial charge on any atom is 0.330 e. The number of aliphatic hydroxyl groups is 2. The quantitative estimate of drug-likeness (QED) is 0.796. The Bertz CT molecular complexity index is 656. The van der Waals surface area contributed by atoms with E-state index in [9.17, 15) is 5.11 Å². The Morgan fingerprint density at radius 1 is 1.23 bits per heavy atom. The average Bonchev–Trinajstić information content (AvgIpc) is 2.72. The lowest BCUT2D eigenvalue weighted by Crippen LogP contribution is -2.49. The summed E-state index contributed by atoms with van der Waals surface area (Å²) >= 11 is 0. The van der Waals surface area contributed by atoms with Crippen molar-refractivity contribution in [2.24, 2.45) is 7.05 Å². The van der Waals surface area contributed by atoms with Crippen LogP contribution in [0.2, 0.25) is 0 Å². The van der Waals surface area contributed by atoms with Gasteiger partial charge in [-0.2, -0.15) is 0 Å². The fourth-order valence-corrected chi connectivity index (χ4v) is 2.24. The van der Waals surface area contributed by atoms with Crippen LogP contribution in [0.4, 0.5) is 0 Å². The standard InChI is InChI=1S/C17H25BNO3/c1-16(2,21)17(3,4)22-18-13-6-7-14-12(8-9-20)11-19(5)15(14)10-13/h6-7,10-11,20-21H,8-9H2,1-5H3. The van der Waals surface area contributed by atoms with Gasteiger partial charge in [-0.05, 0) is 45.7 Å². The minimum atomic E-state index is -0.938. The number of hydrogen-bond acceptors (Lipinski definition) is 3. The largest absolute Gasteiger partial charge is 0.427 e. The Balaban J connectivity index is 2.22. The van der Waals surface area contributed by atoms with E-state index in [4.69, 9.17) is 9.76 Å². The van der Waals surface area contributed by atoms with Crippen molar-refractivity contribution in [2.45, 2.75) is 45.3 Å². The third kappa shape index (κ3) is 3.37. The van der Waals surface area contributed by atoms with Crippen molar-refractivity contribution >= 4 is 23.8 Å². The first-order valence-electron chi connectivity index (χ1n) is 7.58. The van der Waals surface area contributed by atoms with E-state index in [1.807, 2.05) is 39.2 Å². The van der Waals surface area contributed by atoms with Crippen molar-refractivity contribution in [1.29, 1.82) is 0 Å². The summed E-state index contributed by atoms with van der Waals surface area (Å²) in [5, 5.41) is 20.4. The molecule has 22 heavy (non-hydrogen) atoms. The van der Waals surface area contributed by atoms with E-state index in [-0.39, 0.29) is 6.61 Å². The molecule has 1 heterocycles. The SMILES string of the molecule is Cn1cc(CCO)c2ccc([B]OC(C)(C)C(C)(C)O)cc21. The summed E-state index contributed by atoms with van der Waals surface area (Å²) in [6.07, 6.45) is 2.70. The second kappa shape index (κ2) is 6.07. The summed E-state index contributed by atoms with van der Waals surface area (Å²) < 4.78 is 7.85. The lowest BCUT2D eigenvalue weighted by molar-refractivity contribution is -0.0893. The van der Waals surface area contributed by atoms with Crippen LogP contribution in [0.5, 0.6) is 0 Å². The lowest BCUT2D eigenvalue weighted by Gasteiger charge is -2.37. The predicted molar refractivity (Wildman–Crippen MR) is 90.6 cm³/mol. The second-order valence-corrected chi connectivity index (χ2v) is 6.82. The summed E-state index contributed by atoms with van der Waals surface area (Å²) in [7, 11) is 3.69. The molecule has 0 amide bonds. The number of aryl methyl sites for hydroxylation is 1. The van der Waals surface area contributed by atoms with E-state index in [2.05, 4.69) is 10.6 Å². The molecule has 0 bridgehead atoms. The second-order valence-electron chi connectivity index (χ2n) is 6.82. The normalized spacial score (nSPS) is 12.9. The Hall–Kier alpha value is -1.30. The van der Waals surface area contributed by atoms with Gasteiger partial charge < -0.3 is 19.4 Å². The van der Waals surface area contributed by atoms with Crippen LogP contribution in [-0.4, -0.2) is 40.1 Å². The monoisotopic (exact) mass is 302 g/mol. The number of fused-ring (bicyclic) bond motifs is 1. The molecule has 2 N–H and O–H groups in total. The fourth-order valence-electron chi connectivity index (χ4n) is 2.24. The molecule has 0 saturated carbocycles. The Labute approximate surface area is 133 Å². The van der Waals surface area contributed by atoms with Gasteiger partial charge in [-0.15, -0.1) is 0 Å². The molecular formula is C17H25BNO3. The van der Waals surface area contributed by atoms with E-state index in [0.717, 1.165) is 21.9 Å². The summed E-state index contributed by atoms with van der Waals surface area (Å²) in [4.78, 5) is 0. The molecular weight excluding hydrogens is 277 g/mol. The molecule has 1 aromatic heterocycles. The molecule has 0 saturated heterocycles. The van der Waals surface area contributed by atoms with Crippen LogP contribution >= 0.6 is 0 Å². The zero-order valence-electron chi connectivity index (χ0n) is 14.1. The first kappa shape index (κ1) is 17.1. The summed E-state index contributed by atoms with van der Waals surface area (Å²) in [5.41, 5.74) is 1.57. The molecule has 0 unspecified atom stereocenters. The molecule has 0 atom stereocenters. The maximum absolute atomic E-state index is 10.1. The van der Waals surface area contributed by atoms with Crippen LogP contribution in [-0.2, 0) is 18.1 Å². The summed E-state index contributed by atoms with van der Waals surface area (Å²) in [6.45, 7) is 7.36. The number of rotatable bonds is 6. The van der Waals surface area contributed by atoms with Gasteiger partial charge in [0.1, 0.15) is 0 Å². The smallest absolute Gasteiger partial charge is 0.330 e. The van der Waals surface area contributed by atoms with Gasteiger partial charge in [-0.1, -0.05) is 17.6 Å². The number of benzene rings is 1. The molecule has 0 aliphatic rings. The van der Waals surface area contributed by atoms with Crippen LogP contribution < -0.4 is 5.46 Å². The van der Waals surface area contributed by atoms with Gasteiger partial charge in [-0.3, -0.25) is 0 Å². The van der Waals surface area contributed by atoms with Crippen molar-refractivity contribution in [3.05, 3.63) is 30.0 Å². The molecule has 5 heteroatoms. The Morgan fingerprint density at radius 2 is 1.91 bits per heavy atom. The van der Waals surface area contributed by atoms with E-state index >= 15 is 0 Å². The zero-order valence-corrected chi connectivity index (χ0v) is 14.1. The van der Waals surface area contributed by atoms with Crippen molar-refractivity contribution in [2.75, 3.05) is 6.61 Å². The van der Waals surface area contributed by atoms with Gasteiger partial charge >= 0.3 is 7.48 Å². The van der Waals surface area contributed by atoms with Gasteiger partial charge in [0.2, 0.25) is 0 Å². The number of aromatic nitrogens is 1. The van der Waals surface area contributed by atoms with Crippen LogP contribution in [0.15, 0.2) is 24.4 Å². The maximum atomic E-state index is 10.1. The lowest BCUT2D eigenvalue weighted by atomic mass is 9.82. The van der Waals surface area contributed by atoms with Gasteiger partial charge in [0.25, 0.3) is 0 Å². The van der Waals surface area contributed by atoms with Gasteiger partial charge in [0.05, 0.1) is 11.2 Å². The van der Waals surface area contributed by atoms with Crippen LogP contribution in [0.25, 0.3) is 10.9 Å². The van der Waals surface area contributed by atoms with Crippen molar-refractivity contribution in [1.82, 2.24) is 4.57 Å². The van der Waals surface area contributed by atoms with Crippen molar-refractivity contribution in [3.8, 4) is 0 Å². The molecule has 0 fully saturated rings. The number of hydrogen-bond donors (Lipinski definition) is 2. The third-order valence-corrected chi connectivity index (χ3v) is 4.44. The highest BCUT2D eigenvalue weighted by atomic mass is 16.5. The zero-order chi connectivity index (χ0) is 16.5. The Morgan fingerprint density at radius 3 is 2.50 bits per heavy atom. The van der Waals surface area contributed by atoms with E-state index in [0.29, 0.717) is 6.42 Å². The van der Waals surface area contributed by atoms with E-state index in [1.165, 1.54) is 0 Å². The van der Waals surface area contributed by atoms with Crippen LogP contribution in [0.3, 0.4) is 0 Å². The molecule has 4 nitrogen and oxygen atoms in total. The molecule has 0 aliphatic heterocycles. The van der Waals surface area contributed by atoms with Gasteiger partial charge in [0.15, 0.2) is 0 Å². The number of nitrogens with zero attached hydrogens (tertiary/aromatic N) is 1. The fraction of sp³-hybridized carbons (Fsp3) is 0.529. The highest BCUT2D eigenvalue weighted by Gasteiger charge is 2.35. The first-order chi connectivity index (χ1) is 10.2. The predicted octanol–water partition coefficient (Wildman–Crippen LogP) is 1.52. The van der Waals surface area contributed by atoms with Gasteiger partial charge in [-0.25, -0.2) is 0 Å². The highest BCUT2D eigenvalue weighted by Crippen LogP contribution is 2.24. The molecule has 0 spiro atoms. The average molecular weight is 302 g/mol. The van der Waals surface area contributed by atoms with Crippen molar-refractivity contribution in [3.63, 3.8) is 0 Å². The minimum Gasteiger partial charge on any atom is -0.427 e. The molecule has 1 radical (unpaired) electrons. The summed E-state index contributed by atoms with van der Waals surface area (Å²) in [6, 6.07) is 6.09. The van der Waals surface area contributed by atoms with Gasteiger partial charge in [0, 0.05) is 30.8 Å². The van der Waals surface area contributed by atoms with Crippen molar-refractivity contribution < 1.29 is 14.9 Å². The Kier molecular flexibility index (Phi) is 4.71. The number of aliphatic hydroxyl groups excluding tert-OH is 1. The van der Waals surface area contributed by atoms with E-state index in [1.54, 1.807) is 21.3 Å².